The maximum Gasteiger partial charge on any atom is 0.0489 e. The van der Waals surface area contributed by atoms with E-state index >= 15 is 0 Å². The van der Waals surface area contributed by atoms with Gasteiger partial charge in [0.25, 0.3) is 0 Å². The Kier molecular flexibility index (Phi) is 3.91. The Morgan fingerprint density at radius 1 is 1.11 bits per heavy atom. The zero-order chi connectivity index (χ0) is 12.4. The van der Waals surface area contributed by atoms with Crippen LogP contribution in [-0.2, 0) is 6.42 Å². The fourth-order valence-corrected chi connectivity index (χ4v) is 3.70. The van der Waals surface area contributed by atoms with Gasteiger partial charge in [-0.1, -0.05) is 43.5 Å². The van der Waals surface area contributed by atoms with Crippen LogP contribution in [0.3, 0.4) is 0 Å². The van der Waals surface area contributed by atoms with E-state index in [0.717, 1.165) is 6.54 Å². The summed E-state index contributed by atoms with van der Waals surface area (Å²) in [6, 6.07) is 9.35. The Labute approximate surface area is 115 Å². The smallest absolute Gasteiger partial charge is 0.0489 e. The Hall–Kier alpha value is -0.530. The minimum absolute atomic E-state index is 0.336. The van der Waals surface area contributed by atoms with Crippen LogP contribution in [0.5, 0.6) is 0 Å². The van der Waals surface area contributed by atoms with Crippen molar-refractivity contribution in [2.45, 2.75) is 55.9 Å². The lowest BCUT2D eigenvalue weighted by molar-refractivity contribution is 0.429. The van der Waals surface area contributed by atoms with Gasteiger partial charge in [-0.05, 0) is 30.4 Å². The summed E-state index contributed by atoms with van der Waals surface area (Å²) in [6.07, 6.45) is 7.67. The van der Waals surface area contributed by atoms with Crippen molar-refractivity contribution in [3.63, 3.8) is 0 Å². The first-order valence-corrected chi connectivity index (χ1v) is 7.73. The van der Waals surface area contributed by atoms with Gasteiger partial charge >= 0.3 is 0 Å². The molecule has 2 heteroatoms. The topological polar surface area (TPSA) is 12.0 Å². The molecule has 0 saturated heterocycles. The van der Waals surface area contributed by atoms with Crippen molar-refractivity contribution in [2.24, 2.45) is 0 Å². The summed E-state index contributed by atoms with van der Waals surface area (Å²) in [5, 5.41) is 4.06. The molecular formula is C16H22ClN. The predicted molar refractivity (Wildman–Crippen MR) is 77.4 cm³/mol. The molecule has 1 N–H and O–H groups in total. The van der Waals surface area contributed by atoms with E-state index in [2.05, 4.69) is 29.6 Å². The highest BCUT2D eigenvalue weighted by atomic mass is 35.5. The van der Waals surface area contributed by atoms with Gasteiger partial charge in [-0.3, -0.25) is 0 Å². The highest BCUT2D eigenvalue weighted by molar-refractivity contribution is 6.21. The fraction of sp³-hybridized carbons (Fsp3) is 0.625. The van der Waals surface area contributed by atoms with Crippen molar-refractivity contribution in [1.82, 2.24) is 5.32 Å². The Balaban J connectivity index is 1.53. The number of hydrogen-bond donors (Lipinski definition) is 1. The number of benzene rings is 1. The first-order chi connectivity index (χ1) is 8.84. The van der Waals surface area contributed by atoms with E-state index < -0.39 is 0 Å². The van der Waals surface area contributed by atoms with Gasteiger partial charge in [-0.15, -0.1) is 11.6 Å². The normalized spacial score (nSPS) is 31.3. The predicted octanol–water partition coefficient (Wildman–Crippen LogP) is 3.86. The number of alkyl halides is 1. The summed E-state index contributed by atoms with van der Waals surface area (Å²) in [5.41, 5.74) is 3.08. The SMILES string of the molecule is ClC1CCCCCC1NCC1Cc2ccccc21. The molecule has 1 saturated carbocycles. The van der Waals surface area contributed by atoms with Crippen LogP contribution in [0, 0.1) is 0 Å². The van der Waals surface area contributed by atoms with E-state index in [-0.39, 0.29) is 0 Å². The van der Waals surface area contributed by atoms with E-state index in [0.29, 0.717) is 17.3 Å². The zero-order valence-corrected chi connectivity index (χ0v) is 11.6. The van der Waals surface area contributed by atoms with E-state index in [1.807, 2.05) is 0 Å². The van der Waals surface area contributed by atoms with E-state index in [4.69, 9.17) is 11.6 Å². The standard InChI is InChI=1S/C16H22ClN/c17-15-8-2-1-3-9-16(15)18-11-13-10-12-6-4-5-7-14(12)13/h4-7,13,15-16,18H,1-3,8-11H2. The zero-order valence-electron chi connectivity index (χ0n) is 10.9. The van der Waals surface area contributed by atoms with Crippen molar-refractivity contribution in [1.29, 1.82) is 0 Å². The molecule has 1 aromatic carbocycles. The maximum absolute atomic E-state index is 6.47. The second-order valence-corrected chi connectivity index (χ2v) is 6.33. The molecule has 0 bridgehead atoms. The van der Waals surface area contributed by atoms with Crippen LogP contribution in [0.25, 0.3) is 0 Å². The number of hydrogen-bond acceptors (Lipinski definition) is 1. The molecule has 3 atom stereocenters. The average molecular weight is 264 g/mol. The summed E-state index contributed by atoms with van der Waals surface area (Å²) < 4.78 is 0. The Morgan fingerprint density at radius 3 is 2.83 bits per heavy atom. The van der Waals surface area contributed by atoms with Crippen LogP contribution < -0.4 is 5.32 Å². The third-order valence-corrected chi connectivity index (χ3v) is 5.04. The van der Waals surface area contributed by atoms with Gasteiger partial charge in [0.1, 0.15) is 0 Å². The average Bonchev–Trinajstić information content (AvgIpc) is 2.56. The van der Waals surface area contributed by atoms with Crippen molar-refractivity contribution < 1.29 is 0 Å². The van der Waals surface area contributed by atoms with Gasteiger partial charge in [0.15, 0.2) is 0 Å². The van der Waals surface area contributed by atoms with Crippen molar-refractivity contribution in [2.75, 3.05) is 6.54 Å². The van der Waals surface area contributed by atoms with E-state index in [1.54, 1.807) is 5.56 Å². The number of fused-ring (bicyclic) bond motifs is 1. The second-order valence-electron chi connectivity index (χ2n) is 5.77. The Bertz CT molecular complexity index is 404. The minimum Gasteiger partial charge on any atom is -0.312 e. The van der Waals surface area contributed by atoms with E-state index in [1.165, 1.54) is 44.1 Å². The third kappa shape index (κ3) is 2.57. The molecule has 3 unspecified atom stereocenters. The lowest BCUT2D eigenvalue weighted by Gasteiger charge is -2.32. The monoisotopic (exact) mass is 263 g/mol. The number of nitrogens with one attached hydrogen (secondary N) is 1. The first kappa shape index (κ1) is 12.5. The largest absolute Gasteiger partial charge is 0.312 e. The van der Waals surface area contributed by atoms with Crippen LogP contribution in [0.2, 0.25) is 0 Å². The highest BCUT2D eigenvalue weighted by Gasteiger charge is 2.27. The molecule has 1 nitrogen and oxygen atoms in total. The molecule has 0 heterocycles. The molecule has 2 aliphatic rings. The summed E-state index contributed by atoms with van der Waals surface area (Å²) in [6.45, 7) is 1.10. The van der Waals surface area contributed by atoms with Crippen molar-refractivity contribution in [3.8, 4) is 0 Å². The lowest BCUT2D eigenvalue weighted by Crippen LogP contribution is -2.40. The fourth-order valence-electron chi connectivity index (χ4n) is 3.33. The van der Waals surface area contributed by atoms with E-state index in [9.17, 15) is 0 Å². The molecule has 0 spiro atoms. The molecule has 0 amide bonds. The molecule has 0 radical (unpaired) electrons. The van der Waals surface area contributed by atoms with Gasteiger partial charge < -0.3 is 5.32 Å². The number of rotatable bonds is 3. The number of halogens is 1. The van der Waals surface area contributed by atoms with Crippen LogP contribution in [0.4, 0.5) is 0 Å². The second kappa shape index (κ2) is 5.63. The molecule has 0 aromatic heterocycles. The minimum atomic E-state index is 0.336. The van der Waals surface area contributed by atoms with Crippen molar-refractivity contribution >= 4 is 11.6 Å². The summed E-state index contributed by atoms with van der Waals surface area (Å²) in [7, 11) is 0. The molecule has 2 aliphatic carbocycles. The summed E-state index contributed by atoms with van der Waals surface area (Å²) in [5.74, 6) is 0.716. The quantitative estimate of drug-likeness (QED) is 0.645. The molecule has 0 aliphatic heterocycles. The van der Waals surface area contributed by atoms with Gasteiger partial charge in [0.05, 0.1) is 0 Å². The molecular weight excluding hydrogens is 242 g/mol. The van der Waals surface area contributed by atoms with Gasteiger partial charge in [0.2, 0.25) is 0 Å². The molecule has 3 rings (SSSR count). The first-order valence-electron chi connectivity index (χ1n) is 7.30. The highest BCUT2D eigenvalue weighted by Crippen LogP contribution is 2.34. The van der Waals surface area contributed by atoms with Gasteiger partial charge in [0, 0.05) is 23.9 Å². The van der Waals surface area contributed by atoms with Gasteiger partial charge in [-0.2, -0.15) is 0 Å². The summed E-state index contributed by atoms with van der Waals surface area (Å²) in [4.78, 5) is 0. The van der Waals surface area contributed by atoms with Crippen molar-refractivity contribution in [3.05, 3.63) is 35.4 Å². The lowest BCUT2D eigenvalue weighted by atomic mass is 9.77. The summed E-state index contributed by atoms with van der Waals surface area (Å²) >= 11 is 6.47. The maximum atomic E-state index is 6.47. The third-order valence-electron chi connectivity index (χ3n) is 4.52. The molecule has 18 heavy (non-hydrogen) atoms. The molecule has 1 aromatic rings. The van der Waals surface area contributed by atoms with Gasteiger partial charge in [-0.25, -0.2) is 0 Å². The van der Waals surface area contributed by atoms with Crippen LogP contribution in [0.15, 0.2) is 24.3 Å². The Morgan fingerprint density at radius 2 is 1.94 bits per heavy atom. The van der Waals surface area contributed by atoms with Crippen LogP contribution >= 0.6 is 11.6 Å². The van der Waals surface area contributed by atoms with Crippen LogP contribution in [-0.4, -0.2) is 18.0 Å². The molecule has 98 valence electrons. The van der Waals surface area contributed by atoms with Crippen LogP contribution in [0.1, 0.15) is 49.1 Å². The molecule has 1 fully saturated rings.